The van der Waals surface area contributed by atoms with Crippen LogP contribution in [0.25, 0.3) is 0 Å². The van der Waals surface area contributed by atoms with E-state index in [1.54, 1.807) is 30.1 Å². The van der Waals surface area contributed by atoms with E-state index in [-0.39, 0.29) is 5.91 Å². The summed E-state index contributed by atoms with van der Waals surface area (Å²) in [5.41, 5.74) is 1.34. The molecule has 5 nitrogen and oxygen atoms in total. The zero-order chi connectivity index (χ0) is 17.5. The van der Waals surface area contributed by atoms with Crippen LogP contribution in [-0.4, -0.2) is 37.0 Å². The molecule has 0 atom stereocenters. The number of hydrogen-bond donors (Lipinski definition) is 1. The zero-order valence-corrected chi connectivity index (χ0v) is 15.1. The molecule has 2 heterocycles. The van der Waals surface area contributed by atoms with Gasteiger partial charge in [0.15, 0.2) is 0 Å². The van der Waals surface area contributed by atoms with Crippen molar-refractivity contribution in [3.63, 3.8) is 0 Å². The number of ether oxygens (including phenoxy) is 2. The summed E-state index contributed by atoms with van der Waals surface area (Å²) >= 11 is 1.60. The van der Waals surface area contributed by atoms with Gasteiger partial charge in [0, 0.05) is 35.9 Å². The van der Waals surface area contributed by atoms with Gasteiger partial charge in [0.2, 0.25) is 5.88 Å². The minimum Gasteiger partial charge on any atom is -0.477 e. The minimum atomic E-state index is -0.167. The van der Waals surface area contributed by atoms with Crippen LogP contribution in [0, 0.1) is 5.92 Å². The predicted molar refractivity (Wildman–Crippen MR) is 99.5 cm³/mol. The molecule has 1 aromatic heterocycles. The van der Waals surface area contributed by atoms with Gasteiger partial charge in [-0.25, -0.2) is 4.98 Å². The molecule has 3 rings (SSSR count). The summed E-state index contributed by atoms with van der Waals surface area (Å²) in [4.78, 5) is 17.8. The summed E-state index contributed by atoms with van der Waals surface area (Å²) in [7, 11) is 0. The van der Waals surface area contributed by atoms with E-state index >= 15 is 0 Å². The highest BCUT2D eigenvalue weighted by Gasteiger charge is 2.15. The summed E-state index contributed by atoms with van der Waals surface area (Å²) in [5.74, 6) is 0.804. The lowest BCUT2D eigenvalue weighted by Crippen LogP contribution is -2.21. The lowest BCUT2D eigenvalue weighted by Gasteiger charge is -2.21. The molecule has 1 N–H and O–H groups in total. The number of para-hydroxylation sites is 1. The largest absolute Gasteiger partial charge is 0.477 e. The number of aromatic nitrogens is 1. The van der Waals surface area contributed by atoms with E-state index in [0.717, 1.165) is 36.6 Å². The predicted octanol–water partition coefficient (Wildman–Crippen LogP) is 3.86. The van der Waals surface area contributed by atoms with Gasteiger partial charge in [0.05, 0.1) is 12.3 Å². The molecule has 0 aliphatic carbocycles. The average molecular weight is 358 g/mol. The van der Waals surface area contributed by atoms with Crippen molar-refractivity contribution in [2.45, 2.75) is 17.7 Å². The first-order valence-electron chi connectivity index (χ1n) is 8.37. The normalized spacial score (nSPS) is 14.9. The summed E-state index contributed by atoms with van der Waals surface area (Å²) in [6, 6.07) is 11.1. The maximum Gasteiger partial charge on any atom is 0.255 e. The van der Waals surface area contributed by atoms with Gasteiger partial charge < -0.3 is 14.8 Å². The third-order valence-electron chi connectivity index (χ3n) is 4.16. The standard InChI is InChI=1S/C19H22N2O3S/c1-25-17-5-3-2-4-16(17)21-19(22)15-6-9-20-18(12-15)24-13-14-7-10-23-11-8-14/h2-6,9,12,14H,7-8,10-11,13H2,1H3,(H,21,22). The number of carbonyl (C=O) groups is 1. The second-order valence-electron chi connectivity index (χ2n) is 5.90. The molecule has 1 amide bonds. The third-order valence-corrected chi connectivity index (χ3v) is 4.96. The van der Waals surface area contributed by atoms with Crippen molar-refractivity contribution >= 4 is 23.4 Å². The Morgan fingerprint density at radius 3 is 2.92 bits per heavy atom. The first-order chi connectivity index (χ1) is 12.3. The Balaban J connectivity index is 1.62. The van der Waals surface area contributed by atoms with Gasteiger partial charge >= 0.3 is 0 Å². The van der Waals surface area contributed by atoms with Crippen molar-refractivity contribution in [3.8, 4) is 5.88 Å². The van der Waals surface area contributed by atoms with E-state index < -0.39 is 0 Å². The molecule has 6 heteroatoms. The Morgan fingerprint density at radius 2 is 2.12 bits per heavy atom. The Hall–Kier alpha value is -2.05. The van der Waals surface area contributed by atoms with E-state index in [0.29, 0.717) is 24.0 Å². The number of thioether (sulfide) groups is 1. The van der Waals surface area contributed by atoms with Crippen LogP contribution in [0.4, 0.5) is 5.69 Å². The molecule has 0 bridgehead atoms. The number of nitrogens with zero attached hydrogens (tertiary/aromatic N) is 1. The second-order valence-corrected chi connectivity index (χ2v) is 6.75. The van der Waals surface area contributed by atoms with Gasteiger partial charge in [-0.05, 0) is 43.2 Å². The number of amides is 1. The highest BCUT2D eigenvalue weighted by molar-refractivity contribution is 7.98. The number of hydrogen-bond acceptors (Lipinski definition) is 5. The van der Waals surface area contributed by atoms with Crippen molar-refractivity contribution in [1.29, 1.82) is 0 Å². The molecule has 25 heavy (non-hydrogen) atoms. The molecule has 0 saturated carbocycles. The molecule has 0 unspecified atom stereocenters. The van der Waals surface area contributed by atoms with E-state index in [1.807, 2.05) is 30.5 Å². The third kappa shape index (κ3) is 4.96. The van der Waals surface area contributed by atoms with Crippen LogP contribution in [-0.2, 0) is 4.74 Å². The van der Waals surface area contributed by atoms with Gasteiger partial charge in [-0.3, -0.25) is 4.79 Å². The van der Waals surface area contributed by atoms with Gasteiger partial charge in [-0.1, -0.05) is 12.1 Å². The van der Waals surface area contributed by atoms with Gasteiger partial charge in [-0.15, -0.1) is 11.8 Å². The van der Waals surface area contributed by atoms with Crippen LogP contribution >= 0.6 is 11.8 Å². The topological polar surface area (TPSA) is 60.5 Å². The van der Waals surface area contributed by atoms with Crippen molar-refractivity contribution in [3.05, 3.63) is 48.2 Å². The van der Waals surface area contributed by atoms with E-state index in [4.69, 9.17) is 9.47 Å². The molecule has 1 saturated heterocycles. The molecule has 1 aromatic carbocycles. The SMILES string of the molecule is CSc1ccccc1NC(=O)c1ccnc(OCC2CCOCC2)c1. The highest BCUT2D eigenvalue weighted by Crippen LogP contribution is 2.25. The molecular weight excluding hydrogens is 336 g/mol. The van der Waals surface area contributed by atoms with Crippen LogP contribution < -0.4 is 10.1 Å². The fourth-order valence-corrected chi connectivity index (χ4v) is 3.24. The molecular formula is C19H22N2O3S. The molecule has 2 aromatic rings. The van der Waals surface area contributed by atoms with Crippen LogP contribution in [0.2, 0.25) is 0 Å². The fraction of sp³-hybridized carbons (Fsp3) is 0.368. The summed E-state index contributed by atoms with van der Waals surface area (Å²) in [6.45, 7) is 2.19. The molecule has 132 valence electrons. The second kappa shape index (κ2) is 8.87. The molecule has 1 fully saturated rings. The lowest BCUT2D eigenvalue weighted by atomic mass is 10.0. The van der Waals surface area contributed by atoms with Gasteiger partial charge in [0.1, 0.15) is 0 Å². The van der Waals surface area contributed by atoms with Crippen LogP contribution in [0.3, 0.4) is 0 Å². The molecule has 1 aliphatic heterocycles. The number of pyridine rings is 1. The fourth-order valence-electron chi connectivity index (χ4n) is 2.69. The Kier molecular flexibility index (Phi) is 6.30. The van der Waals surface area contributed by atoms with Crippen molar-refractivity contribution < 1.29 is 14.3 Å². The summed E-state index contributed by atoms with van der Waals surface area (Å²) < 4.78 is 11.1. The van der Waals surface area contributed by atoms with Crippen LogP contribution in [0.15, 0.2) is 47.5 Å². The maximum absolute atomic E-state index is 12.5. The van der Waals surface area contributed by atoms with E-state index in [2.05, 4.69) is 10.3 Å². The van der Waals surface area contributed by atoms with Crippen LogP contribution in [0.5, 0.6) is 5.88 Å². The zero-order valence-electron chi connectivity index (χ0n) is 14.2. The van der Waals surface area contributed by atoms with Crippen molar-refractivity contribution in [2.75, 3.05) is 31.4 Å². The summed E-state index contributed by atoms with van der Waals surface area (Å²) in [6.07, 6.45) is 5.60. The smallest absolute Gasteiger partial charge is 0.255 e. The minimum absolute atomic E-state index is 0.167. The average Bonchev–Trinajstić information content (AvgIpc) is 2.68. The summed E-state index contributed by atoms with van der Waals surface area (Å²) in [5, 5.41) is 2.95. The first kappa shape index (κ1) is 17.8. The number of nitrogens with one attached hydrogen (secondary N) is 1. The maximum atomic E-state index is 12.5. The van der Waals surface area contributed by atoms with E-state index in [9.17, 15) is 4.79 Å². The van der Waals surface area contributed by atoms with Crippen LogP contribution in [0.1, 0.15) is 23.2 Å². The Labute approximate surface area is 152 Å². The number of anilines is 1. The Morgan fingerprint density at radius 1 is 1.32 bits per heavy atom. The number of carbonyl (C=O) groups excluding carboxylic acids is 1. The number of rotatable bonds is 6. The van der Waals surface area contributed by atoms with Crippen molar-refractivity contribution in [1.82, 2.24) is 4.98 Å². The van der Waals surface area contributed by atoms with E-state index in [1.165, 1.54) is 0 Å². The quantitative estimate of drug-likeness (QED) is 0.795. The van der Waals surface area contributed by atoms with Gasteiger partial charge in [0.25, 0.3) is 5.91 Å². The monoisotopic (exact) mass is 358 g/mol. The first-order valence-corrected chi connectivity index (χ1v) is 9.59. The van der Waals surface area contributed by atoms with Gasteiger partial charge in [-0.2, -0.15) is 0 Å². The Bertz CT molecular complexity index is 717. The number of benzene rings is 1. The molecule has 0 spiro atoms. The molecule has 1 aliphatic rings. The van der Waals surface area contributed by atoms with Crippen molar-refractivity contribution in [2.24, 2.45) is 5.92 Å². The lowest BCUT2D eigenvalue weighted by molar-refractivity contribution is 0.0490. The highest BCUT2D eigenvalue weighted by atomic mass is 32.2. The molecule has 0 radical (unpaired) electrons.